The molecule has 3 aromatic rings. The van der Waals surface area contributed by atoms with Crippen molar-refractivity contribution in [2.24, 2.45) is 0 Å². The molecule has 25 heavy (non-hydrogen) atoms. The Morgan fingerprint density at radius 2 is 1.80 bits per heavy atom. The van der Waals surface area contributed by atoms with Crippen LogP contribution in [0.5, 0.6) is 0 Å². The Balaban J connectivity index is 1.79. The molecule has 0 bridgehead atoms. The number of hydrogen-bond donors (Lipinski definition) is 1. The largest absolute Gasteiger partial charge is 0.348 e. The molecule has 0 radical (unpaired) electrons. The fourth-order valence-corrected chi connectivity index (χ4v) is 3.03. The van der Waals surface area contributed by atoms with Gasteiger partial charge in [-0.2, -0.15) is 5.10 Å². The van der Waals surface area contributed by atoms with Crippen molar-refractivity contribution in [1.29, 1.82) is 0 Å². The van der Waals surface area contributed by atoms with Crippen LogP contribution in [0.2, 0.25) is 0 Å². The van der Waals surface area contributed by atoms with Crippen molar-refractivity contribution in [2.75, 3.05) is 0 Å². The highest BCUT2D eigenvalue weighted by Crippen LogP contribution is 2.16. The quantitative estimate of drug-likeness (QED) is 0.731. The second-order valence-corrected chi connectivity index (χ2v) is 6.85. The number of aryl methyl sites for hydroxylation is 1. The van der Waals surface area contributed by atoms with Gasteiger partial charge in [0.15, 0.2) is 0 Å². The van der Waals surface area contributed by atoms with Crippen LogP contribution in [0, 0.1) is 6.92 Å². The van der Waals surface area contributed by atoms with Crippen LogP contribution in [0.15, 0.2) is 57.8 Å². The second-order valence-electron chi connectivity index (χ2n) is 5.93. The highest BCUT2D eigenvalue weighted by molar-refractivity contribution is 9.10. The molecule has 1 heterocycles. The lowest BCUT2D eigenvalue weighted by molar-refractivity contribution is -0.122. The van der Waals surface area contributed by atoms with E-state index in [-0.39, 0.29) is 24.1 Å². The number of nitrogens with one attached hydrogen (secondary N) is 1. The predicted molar refractivity (Wildman–Crippen MR) is 101 cm³/mol. The van der Waals surface area contributed by atoms with Crippen molar-refractivity contribution in [3.05, 3.63) is 74.6 Å². The monoisotopic (exact) mass is 399 g/mol. The number of nitrogens with zero attached hydrogens (tertiary/aromatic N) is 2. The van der Waals surface area contributed by atoms with Gasteiger partial charge in [-0.25, -0.2) is 4.68 Å². The molecule has 1 N–H and O–H groups in total. The highest BCUT2D eigenvalue weighted by Gasteiger charge is 2.13. The van der Waals surface area contributed by atoms with Crippen LogP contribution in [-0.2, 0) is 11.3 Å². The lowest BCUT2D eigenvalue weighted by Crippen LogP contribution is -2.35. The number of carbonyl (C=O) groups excluding carboxylic acids is 1. The molecule has 0 aliphatic rings. The molecule has 1 atom stereocenters. The Morgan fingerprint density at radius 3 is 2.48 bits per heavy atom. The minimum Gasteiger partial charge on any atom is -0.348 e. The lowest BCUT2D eigenvalue weighted by Gasteiger charge is -2.15. The minimum absolute atomic E-state index is 0.106. The fourth-order valence-electron chi connectivity index (χ4n) is 2.77. The van der Waals surface area contributed by atoms with Crippen molar-refractivity contribution >= 4 is 32.6 Å². The molecule has 0 aliphatic carbocycles. The average molecular weight is 400 g/mol. The molecule has 0 fully saturated rings. The number of rotatable bonds is 4. The topological polar surface area (TPSA) is 64.0 Å². The highest BCUT2D eigenvalue weighted by atomic mass is 79.9. The van der Waals surface area contributed by atoms with Crippen molar-refractivity contribution < 1.29 is 4.79 Å². The molecule has 2 aromatic carbocycles. The van der Waals surface area contributed by atoms with E-state index in [9.17, 15) is 9.59 Å². The van der Waals surface area contributed by atoms with Gasteiger partial charge in [0.25, 0.3) is 5.56 Å². The summed E-state index contributed by atoms with van der Waals surface area (Å²) in [5, 5.41) is 8.56. The predicted octanol–water partition coefficient (Wildman–Crippen LogP) is 3.34. The smallest absolute Gasteiger partial charge is 0.275 e. The summed E-state index contributed by atoms with van der Waals surface area (Å²) >= 11 is 3.39. The Kier molecular flexibility index (Phi) is 4.99. The number of benzene rings is 2. The van der Waals surface area contributed by atoms with Crippen LogP contribution < -0.4 is 10.9 Å². The van der Waals surface area contributed by atoms with Gasteiger partial charge in [-0.05, 0) is 37.6 Å². The number of halogens is 1. The molecule has 0 saturated carbocycles. The van der Waals surface area contributed by atoms with Gasteiger partial charge >= 0.3 is 0 Å². The first kappa shape index (κ1) is 17.4. The summed E-state index contributed by atoms with van der Waals surface area (Å²) in [5.74, 6) is -0.250. The van der Waals surface area contributed by atoms with Gasteiger partial charge in [-0.1, -0.05) is 46.3 Å². The third kappa shape index (κ3) is 3.79. The second kappa shape index (κ2) is 7.19. The summed E-state index contributed by atoms with van der Waals surface area (Å²) in [6.45, 7) is 3.63. The van der Waals surface area contributed by atoms with Crippen molar-refractivity contribution in [3.8, 4) is 0 Å². The standard InChI is InChI=1S/C19H18BrN3O2/c1-12(14-7-9-15(20)10-8-14)21-18(24)11-23-19(25)17-6-4-3-5-16(17)13(2)22-23/h3-10,12H,11H2,1-2H3,(H,21,24). The van der Waals surface area contributed by atoms with Crippen molar-refractivity contribution in [3.63, 3.8) is 0 Å². The minimum atomic E-state index is -0.257. The first-order valence-electron chi connectivity index (χ1n) is 7.97. The molecule has 1 amide bonds. The number of carbonyl (C=O) groups is 1. The number of fused-ring (bicyclic) bond motifs is 1. The maximum atomic E-state index is 12.5. The molecule has 0 spiro atoms. The Morgan fingerprint density at radius 1 is 1.16 bits per heavy atom. The maximum Gasteiger partial charge on any atom is 0.275 e. The molecule has 0 saturated heterocycles. The van der Waals surface area contributed by atoms with Gasteiger partial charge in [0.05, 0.1) is 17.1 Å². The van der Waals surface area contributed by atoms with E-state index in [2.05, 4.69) is 26.3 Å². The molecular weight excluding hydrogens is 382 g/mol. The van der Waals surface area contributed by atoms with Crippen LogP contribution in [0.3, 0.4) is 0 Å². The van der Waals surface area contributed by atoms with Crippen LogP contribution in [-0.4, -0.2) is 15.7 Å². The van der Waals surface area contributed by atoms with Crippen LogP contribution in [0.4, 0.5) is 0 Å². The van der Waals surface area contributed by atoms with E-state index in [0.29, 0.717) is 5.39 Å². The number of hydrogen-bond acceptors (Lipinski definition) is 3. The van der Waals surface area contributed by atoms with Gasteiger partial charge in [-0.15, -0.1) is 0 Å². The summed E-state index contributed by atoms with van der Waals surface area (Å²) in [7, 11) is 0. The molecule has 1 unspecified atom stereocenters. The molecule has 3 rings (SSSR count). The first-order valence-corrected chi connectivity index (χ1v) is 8.76. The van der Waals surface area contributed by atoms with E-state index in [1.165, 1.54) is 4.68 Å². The van der Waals surface area contributed by atoms with Gasteiger partial charge in [-0.3, -0.25) is 9.59 Å². The van der Waals surface area contributed by atoms with Gasteiger partial charge in [0.1, 0.15) is 6.54 Å². The van der Waals surface area contributed by atoms with Crippen molar-refractivity contribution in [1.82, 2.24) is 15.1 Å². The number of amides is 1. The molecule has 1 aromatic heterocycles. The number of aromatic nitrogens is 2. The molecule has 0 aliphatic heterocycles. The summed E-state index contributed by atoms with van der Waals surface area (Å²) in [6, 6.07) is 14.9. The summed E-state index contributed by atoms with van der Waals surface area (Å²) in [4.78, 5) is 24.9. The zero-order chi connectivity index (χ0) is 18.0. The van der Waals surface area contributed by atoms with Crippen molar-refractivity contribution in [2.45, 2.75) is 26.4 Å². The maximum absolute atomic E-state index is 12.5. The Bertz CT molecular complexity index is 980. The zero-order valence-corrected chi connectivity index (χ0v) is 15.6. The molecule has 5 nitrogen and oxygen atoms in total. The molecule has 128 valence electrons. The van der Waals surface area contributed by atoms with Crippen LogP contribution >= 0.6 is 15.9 Å². The van der Waals surface area contributed by atoms with E-state index in [1.54, 1.807) is 6.07 Å². The van der Waals surface area contributed by atoms with E-state index in [4.69, 9.17) is 0 Å². The van der Waals surface area contributed by atoms with E-state index >= 15 is 0 Å². The lowest BCUT2D eigenvalue weighted by atomic mass is 10.1. The fraction of sp³-hybridized carbons (Fsp3) is 0.211. The third-order valence-corrected chi connectivity index (χ3v) is 4.62. The molecular formula is C19H18BrN3O2. The zero-order valence-electron chi connectivity index (χ0n) is 14.0. The van der Waals surface area contributed by atoms with Gasteiger partial charge < -0.3 is 5.32 Å². The first-order chi connectivity index (χ1) is 12.0. The van der Waals surface area contributed by atoms with E-state index in [0.717, 1.165) is 21.1 Å². The Hall–Kier alpha value is -2.47. The SMILES string of the molecule is Cc1nn(CC(=O)NC(C)c2ccc(Br)cc2)c(=O)c2ccccc12. The van der Waals surface area contributed by atoms with Crippen LogP contribution in [0.25, 0.3) is 10.8 Å². The van der Waals surface area contributed by atoms with Gasteiger partial charge in [0.2, 0.25) is 5.91 Å². The normalized spacial score (nSPS) is 12.1. The summed E-state index contributed by atoms with van der Waals surface area (Å²) in [6.07, 6.45) is 0. The van der Waals surface area contributed by atoms with Gasteiger partial charge in [0, 0.05) is 9.86 Å². The van der Waals surface area contributed by atoms with Crippen LogP contribution in [0.1, 0.15) is 24.2 Å². The summed E-state index contributed by atoms with van der Waals surface area (Å²) in [5.41, 5.74) is 1.46. The Labute approximate surface area is 153 Å². The van der Waals surface area contributed by atoms with E-state index in [1.807, 2.05) is 56.3 Å². The van der Waals surface area contributed by atoms with E-state index < -0.39 is 0 Å². The average Bonchev–Trinajstić information content (AvgIpc) is 2.60. The molecule has 6 heteroatoms. The summed E-state index contributed by atoms with van der Waals surface area (Å²) < 4.78 is 2.21. The third-order valence-electron chi connectivity index (χ3n) is 4.09.